The molecule has 0 bridgehead atoms. The van der Waals surface area contributed by atoms with Gasteiger partial charge in [0.1, 0.15) is 17.0 Å². The van der Waals surface area contributed by atoms with Crippen molar-refractivity contribution in [1.29, 1.82) is 0 Å². The number of benzene rings is 2. The Morgan fingerprint density at radius 2 is 1.81 bits per heavy atom. The van der Waals surface area contributed by atoms with Crippen LogP contribution in [0.1, 0.15) is 44.5 Å². The van der Waals surface area contributed by atoms with E-state index in [1.54, 1.807) is 13.8 Å². The van der Waals surface area contributed by atoms with Gasteiger partial charge in [0, 0.05) is 24.9 Å². The Bertz CT molecular complexity index is 1460. The number of rotatable bonds is 11. The zero-order valence-corrected chi connectivity index (χ0v) is 25.7. The zero-order valence-electron chi connectivity index (χ0n) is 24.9. The van der Waals surface area contributed by atoms with E-state index in [2.05, 4.69) is 10.2 Å². The maximum atomic E-state index is 12.9. The number of hydrogen-bond acceptors (Lipinski definition) is 9. The van der Waals surface area contributed by atoms with E-state index < -0.39 is 20.7 Å². The summed E-state index contributed by atoms with van der Waals surface area (Å²) in [5.74, 6) is 1.35. The molecular formula is C31H40N4O6S. The van der Waals surface area contributed by atoms with E-state index in [1.165, 1.54) is 6.26 Å². The van der Waals surface area contributed by atoms with Crippen LogP contribution in [0.3, 0.4) is 0 Å². The summed E-state index contributed by atoms with van der Waals surface area (Å²) < 4.78 is 41.5. The average Bonchev–Trinajstić information content (AvgIpc) is 2.97. The maximum absolute atomic E-state index is 12.9. The molecule has 226 valence electrons. The predicted molar refractivity (Wildman–Crippen MR) is 162 cm³/mol. The lowest BCUT2D eigenvalue weighted by atomic mass is 10.1. The summed E-state index contributed by atoms with van der Waals surface area (Å²) >= 11 is 0. The van der Waals surface area contributed by atoms with Gasteiger partial charge in [-0.3, -0.25) is 0 Å². The standard InChI is InChI=1S/C31H40N4O6S/c1-6-40-26-27(31(3,4)42(5,37)38)33-28(34-29(26)35-18-19-39-20-22(35)2)25-14-12-23(13-15-25)16-17-32-30(36)41-21-24-10-8-7-9-11-24/h7-15,22H,6,16-21H2,1-5H3,(H,32,36)/t22-/m1/s1. The molecule has 2 heterocycles. The summed E-state index contributed by atoms with van der Waals surface area (Å²) in [6.07, 6.45) is 1.35. The molecule has 0 spiro atoms. The second-order valence-corrected chi connectivity index (χ2v) is 13.4. The van der Waals surface area contributed by atoms with Crippen LogP contribution in [0.25, 0.3) is 11.4 Å². The zero-order chi connectivity index (χ0) is 30.3. The minimum absolute atomic E-state index is 0.0177. The number of anilines is 1. The van der Waals surface area contributed by atoms with Crippen LogP contribution in [0.5, 0.6) is 5.75 Å². The van der Waals surface area contributed by atoms with E-state index >= 15 is 0 Å². The second kappa shape index (κ2) is 13.5. The van der Waals surface area contributed by atoms with Crippen molar-refractivity contribution in [2.45, 2.75) is 51.5 Å². The van der Waals surface area contributed by atoms with Gasteiger partial charge in [-0.25, -0.2) is 23.2 Å². The summed E-state index contributed by atoms with van der Waals surface area (Å²) in [5, 5.41) is 2.78. The van der Waals surface area contributed by atoms with Crippen molar-refractivity contribution < 1.29 is 27.4 Å². The van der Waals surface area contributed by atoms with E-state index in [1.807, 2.05) is 68.4 Å². The van der Waals surface area contributed by atoms with Crippen molar-refractivity contribution in [3.63, 3.8) is 0 Å². The SMILES string of the molecule is CCOc1c(N2CCOC[C@H]2C)nc(-c2ccc(CCNC(=O)OCc3ccccc3)cc2)nc1C(C)(C)S(C)(=O)=O. The number of carbonyl (C=O) groups excluding carboxylic acids is 1. The molecule has 11 heteroatoms. The molecule has 10 nitrogen and oxygen atoms in total. The first-order valence-electron chi connectivity index (χ1n) is 14.1. The molecule has 3 aromatic rings. The van der Waals surface area contributed by atoms with Crippen LogP contribution in [0, 0.1) is 0 Å². The van der Waals surface area contributed by atoms with Gasteiger partial charge >= 0.3 is 6.09 Å². The van der Waals surface area contributed by atoms with Gasteiger partial charge in [-0.1, -0.05) is 54.6 Å². The first-order valence-corrected chi connectivity index (χ1v) is 16.0. The summed E-state index contributed by atoms with van der Waals surface area (Å²) in [6.45, 7) is 9.80. The quantitative estimate of drug-likeness (QED) is 0.341. The summed E-state index contributed by atoms with van der Waals surface area (Å²) in [6, 6.07) is 17.2. The molecule has 2 aromatic carbocycles. The van der Waals surface area contributed by atoms with Crippen LogP contribution in [0.4, 0.5) is 10.6 Å². The third-order valence-corrected chi connectivity index (χ3v) is 9.43. The Kier molecular flexibility index (Phi) is 10.1. The third kappa shape index (κ3) is 7.38. The predicted octanol–water partition coefficient (Wildman–Crippen LogP) is 4.52. The molecule has 1 aliphatic rings. The molecule has 1 aromatic heterocycles. The first-order chi connectivity index (χ1) is 20.0. The van der Waals surface area contributed by atoms with Gasteiger partial charge in [-0.05, 0) is 45.2 Å². The highest BCUT2D eigenvalue weighted by Gasteiger charge is 2.40. The number of nitrogens with one attached hydrogen (secondary N) is 1. The molecular weight excluding hydrogens is 556 g/mol. The van der Waals surface area contributed by atoms with Crippen LogP contribution in [0.2, 0.25) is 0 Å². The fraction of sp³-hybridized carbons (Fsp3) is 0.452. The lowest BCUT2D eigenvalue weighted by Gasteiger charge is -2.36. The minimum Gasteiger partial charge on any atom is -0.488 e. The van der Waals surface area contributed by atoms with Crippen molar-refractivity contribution in [3.8, 4) is 17.1 Å². The summed E-state index contributed by atoms with van der Waals surface area (Å²) in [5.41, 5.74) is 3.00. The lowest BCUT2D eigenvalue weighted by Crippen LogP contribution is -2.44. The van der Waals surface area contributed by atoms with E-state index in [4.69, 9.17) is 24.2 Å². The molecule has 4 rings (SSSR count). The molecule has 0 radical (unpaired) electrons. The Hall–Kier alpha value is -3.70. The number of sulfone groups is 1. The van der Waals surface area contributed by atoms with Gasteiger partial charge < -0.3 is 24.4 Å². The Labute approximate surface area is 248 Å². The molecule has 1 aliphatic heterocycles. The highest BCUT2D eigenvalue weighted by molar-refractivity contribution is 7.91. The van der Waals surface area contributed by atoms with Gasteiger partial charge in [0.25, 0.3) is 0 Å². The van der Waals surface area contributed by atoms with E-state index in [9.17, 15) is 13.2 Å². The van der Waals surface area contributed by atoms with Gasteiger partial charge in [-0.15, -0.1) is 0 Å². The van der Waals surface area contributed by atoms with E-state index in [0.29, 0.717) is 62.4 Å². The monoisotopic (exact) mass is 596 g/mol. The molecule has 0 saturated carbocycles. The fourth-order valence-corrected chi connectivity index (χ4v) is 5.06. The number of hydrogen-bond donors (Lipinski definition) is 1. The Morgan fingerprint density at radius 3 is 2.45 bits per heavy atom. The normalized spacial score (nSPS) is 15.7. The number of amides is 1. The molecule has 1 amide bonds. The average molecular weight is 597 g/mol. The van der Waals surface area contributed by atoms with Crippen LogP contribution in [-0.2, 0) is 37.1 Å². The number of alkyl carbamates (subject to hydrolysis) is 1. The molecule has 42 heavy (non-hydrogen) atoms. The van der Waals surface area contributed by atoms with Crippen molar-refractivity contribution >= 4 is 21.7 Å². The smallest absolute Gasteiger partial charge is 0.407 e. The van der Waals surface area contributed by atoms with Crippen molar-refractivity contribution in [2.24, 2.45) is 0 Å². The molecule has 0 aliphatic carbocycles. The van der Waals surface area contributed by atoms with Gasteiger partial charge in [0.2, 0.25) is 0 Å². The van der Waals surface area contributed by atoms with Crippen LogP contribution >= 0.6 is 0 Å². The molecule has 1 fully saturated rings. The van der Waals surface area contributed by atoms with Crippen LogP contribution < -0.4 is 15.0 Å². The first kappa shape index (κ1) is 31.2. The highest BCUT2D eigenvalue weighted by Crippen LogP contribution is 2.41. The van der Waals surface area contributed by atoms with Crippen LogP contribution in [-0.4, -0.2) is 69.7 Å². The summed E-state index contributed by atoms with van der Waals surface area (Å²) in [7, 11) is -3.56. The van der Waals surface area contributed by atoms with Gasteiger partial charge in [-0.2, -0.15) is 0 Å². The Balaban J connectivity index is 1.56. The summed E-state index contributed by atoms with van der Waals surface area (Å²) in [4.78, 5) is 23.9. The van der Waals surface area contributed by atoms with E-state index in [0.717, 1.165) is 16.7 Å². The largest absolute Gasteiger partial charge is 0.488 e. The van der Waals surface area contributed by atoms with Gasteiger partial charge in [0.15, 0.2) is 27.2 Å². The number of nitrogens with zero attached hydrogens (tertiary/aromatic N) is 3. The topological polar surface area (TPSA) is 120 Å². The lowest BCUT2D eigenvalue weighted by molar-refractivity contribution is 0.0981. The molecule has 0 unspecified atom stereocenters. The maximum Gasteiger partial charge on any atom is 0.407 e. The fourth-order valence-electron chi connectivity index (χ4n) is 4.57. The molecule has 1 atom stereocenters. The molecule has 1 saturated heterocycles. The number of ether oxygens (including phenoxy) is 3. The third-order valence-electron chi connectivity index (χ3n) is 7.38. The Morgan fingerprint density at radius 1 is 1.10 bits per heavy atom. The minimum atomic E-state index is -3.56. The van der Waals surface area contributed by atoms with Gasteiger partial charge in [0.05, 0.1) is 25.9 Å². The number of morpholine rings is 1. The number of carbonyl (C=O) groups is 1. The highest BCUT2D eigenvalue weighted by atomic mass is 32.2. The van der Waals surface area contributed by atoms with Crippen molar-refractivity contribution in [1.82, 2.24) is 15.3 Å². The van der Waals surface area contributed by atoms with Crippen molar-refractivity contribution in [3.05, 3.63) is 71.4 Å². The number of aromatic nitrogens is 2. The van der Waals surface area contributed by atoms with Crippen LogP contribution in [0.15, 0.2) is 54.6 Å². The second-order valence-electron chi connectivity index (χ2n) is 10.8. The van der Waals surface area contributed by atoms with Crippen molar-refractivity contribution in [2.75, 3.05) is 44.1 Å². The van der Waals surface area contributed by atoms with E-state index in [-0.39, 0.29) is 12.6 Å². The molecule has 1 N–H and O–H groups in total.